The Bertz CT molecular complexity index is 396. The van der Waals surface area contributed by atoms with Crippen LogP contribution >= 0.6 is 31.9 Å². The van der Waals surface area contributed by atoms with Crippen molar-refractivity contribution in [3.05, 3.63) is 27.1 Å². The Hall–Kier alpha value is -0.750. The van der Waals surface area contributed by atoms with Gasteiger partial charge in [0.1, 0.15) is 0 Å². The molecule has 0 radical (unpaired) electrons. The summed E-state index contributed by atoms with van der Waals surface area (Å²) in [4.78, 5) is 0. The average molecular weight is 351 g/mol. The summed E-state index contributed by atoms with van der Waals surface area (Å²) in [5, 5.41) is 14.8. The van der Waals surface area contributed by atoms with E-state index in [9.17, 15) is 0 Å². The molecule has 0 aliphatic heterocycles. The number of hydrogen-bond acceptors (Lipinski definition) is 3. The smallest absolute Gasteiger partial charge is 0.161 e. The van der Waals surface area contributed by atoms with Crippen LogP contribution in [0, 0.1) is 0 Å². The molecule has 0 aliphatic carbocycles. The lowest BCUT2D eigenvalue weighted by molar-refractivity contribution is 0.316. The van der Waals surface area contributed by atoms with Crippen LogP contribution < -0.4 is 11.1 Å². The molecule has 1 unspecified atom stereocenters. The third-order valence-corrected chi connectivity index (χ3v) is 3.32. The van der Waals surface area contributed by atoms with Crippen molar-refractivity contribution >= 4 is 43.4 Å². The first-order valence-corrected chi connectivity index (χ1v) is 6.36. The van der Waals surface area contributed by atoms with Crippen LogP contribution in [0.25, 0.3) is 0 Å². The monoisotopic (exact) mass is 349 g/mol. The molecule has 0 saturated carbocycles. The van der Waals surface area contributed by atoms with Gasteiger partial charge in [0.05, 0.1) is 11.7 Å². The number of anilines is 1. The van der Waals surface area contributed by atoms with Gasteiger partial charge in [-0.1, -0.05) is 28.0 Å². The van der Waals surface area contributed by atoms with Gasteiger partial charge in [0, 0.05) is 8.95 Å². The van der Waals surface area contributed by atoms with Crippen molar-refractivity contribution in [2.45, 2.75) is 19.4 Å². The molecule has 0 saturated heterocycles. The Morgan fingerprint density at radius 1 is 1.56 bits per heavy atom. The van der Waals surface area contributed by atoms with Gasteiger partial charge in [0.25, 0.3) is 0 Å². The van der Waals surface area contributed by atoms with Crippen LogP contribution in [0.3, 0.4) is 0 Å². The maximum absolute atomic E-state index is 8.64. The number of rotatable bonds is 4. The summed E-state index contributed by atoms with van der Waals surface area (Å²) in [6.45, 7) is 1.96. The quantitative estimate of drug-likeness (QED) is 0.338. The highest BCUT2D eigenvalue weighted by atomic mass is 79.9. The summed E-state index contributed by atoms with van der Waals surface area (Å²) >= 11 is 6.82. The third-order valence-electron chi connectivity index (χ3n) is 2.14. The van der Waals surface area contributed by atoms with Gasteiger partial charge in [-0.25, -0.2) is 0 Å². The van der Waals surface area contributed by atoms with Crippen molar-refractivity contribution in [1.82, 2.24) is 0 Å². The molecule has 0 bridgehead atoms. The highest BCUT2D eigenvalue weighted by Gasteiger charge is 2.12. The summed E-state index contributed by atoms with van der Waals surface area (Å²) in [7, 11) is 0. The highest BCUT2D eigenvalue weighted by Crippen LogP contribution is 2.27. The molecule has 1 atom stereocenters. The van der Waals surface area contributed by atoms with E-state index < -0.39 is 0 Å². The van der Waals surface area contributed by atoms with Gasteiger partial charge in [-0.2, -0.15) is 0 Å². The lowest BCUT2D eigenvalue weighted by Crippen LogP contribution is -2.35. The Balaban J connectivity index is 2.89. The van der Waals surface area contributed by atoms with Crippen LogP contribution in [0.2, 0.25) is 0 Å². The van der Waals surface area contributed by atoms with Gasteiger partial charge in [-0.3, -0.25) is 0 Å². The molecule has 4 N–H and O–H groups in total. The van der Waals surface area contributed by atoms with Crippen molar-refractivity contribution in [1.29, 1.82) is 0 Å². The largest absolute Gasteiger partial charge is 0.409 e. The number of amidine groups is 1. The Labute approximate surface area is 111 Å². The molecule has 0 fully saturated rings. The summed E-state index contributed by atoms with van der Waals surface area (Å²) < 4.78 is 1.90. The van der Waals surface area contributed by atoms with Crippen LogP contribution in [0.1, 0.15) is 13.3 Å². The maximum atomic E-state index is 8.64. The van der Waals surface area contributed by atoms with Gasteiger partial charge < -0.3 is 16.3 Å². The Morgan fingerprint density at radius 2 is 2.25 bits per heavy atom. The summed E-state index contributed by atoms with van der Waals surface area (Å²) in [5.41, 5.74) is 6.47. The fourth-order valence-corrected chi connectivity index (χ4v) is 1.97. The zero-order valence-electron chi connectivity index (χ0n) is 8.74. The van der Waals surface area contributed by atoms with E-state index in [0.29, 0.717) is 0 Å². The molecule has 4 nitrogen and oxygen atoms in total. The van der Waals surface area contributed by atoms with Crippen molar-refractivity contribution in [2.75, 3.05) is 5.32 Å². The fraction of sp³-hybridized carbons (Fsp3) is 0.300. The van der Waals surface area contributed by atoms with E-state index in [0.717, 1.165) is 21.1 Å². The molecule has 0 aromatic heterocycles. The lowest BCUT2D eigenvalue weighted by atomic mass is 10.2. The second-order valence-electron chi connectivity index (χ2n) is 3.25. The van der Waals surface area contributed by atoms with Crippen LogP contribution in [0.15, 0.2) is 32.3 Å². The number of nitrogens with two attached hydrogens (primary N) is 1. The summed E-state index contributed by atoms with van der Waals surface area (Å²) in [6.07, 6.45) is 0.731. The second kappa shape index (κ2) is 6.10. The van der Waals surface area contributed by atoms with E-state index in [1.807, 2.05) is 25.1 Å². The molecule has 88 valence electrons. The van der Waals surface area contributed by atoms with E-state index in [1.54, 1.807) is 0 Å². The molecule has 0 spiro atoms. The molecular weight excluding hydrogens is 338 g/mol. The van der Waals surface area contributed by atoms with Crippen molar-refractivity contribution in [2.24, 2.45) is 10.9 Å². The summed E-state index contributed by atoms with van der Waals surface area (Å²) in [6, 6.07) is 5.60. The predicted octanol–water partition coefficient (Wildman–Crippen LogP) is 3.15. The predicted molar refractivity (Wildman–Crippen MR) is 73.0 cm³/mol. The summed E-state index contributed by atoms with van der Waals surface area (Å²) in [5.74, 6) is 0.175. The zero-order chi connectivity index (χ0) is 12.1. The van der Waals surface area contributed by atoms with E-state index in [-0.39, 0.29) is 11.9 Å². The first-order valence-electron chi connectivity index (χ1n) is 4.77. The first-order chi connectivity index (χ1) is 7.58. The van der Waals surface area contributed by atoms with E-state index in [2.05, 4.69) is 42.3 Å². The minimum absolute atomic E-state index is 0.175. The second-order valence-corrected chi connectivity index (χ2v) is 5.02. The van der Waals surface area contributed by atoms with Crippen LogP contribution in [-0.4, -0.2) is 17.1 Å². The molecule has 0 aliphatic rings. The third kappa shape index (κ3) is 3.38. The molecular formula is C10H13Br2N3O. The van der Waals surface area contributed by atoms with Gasteiger partial charge in [0.2, 0.25) is 0 Å². The first kappa shape index (κ1) is 13.3. The van der Waals surface area contributed by atoms with Crippen molar-refractivity contribution in [3.63, 3.8) is 0 Å². The minimum Gasteiger partial charge on any atom is -0.409 e. The van der Waals surface area contributed by atoms with Gasteiger partial charge in [-0.15, -0.1) is 0 Å². The molecule has 0 amide bonds. The number of nitrogens with zero attached hydrogens (tertiary/aromatic N) is 1. The molecule has 6 heteroatoms. The van der Waals surface area contributed by atoms with Crippen LogP contribution in [-0.2, 0) is 0 Å². The number of benzene rings is 1. The fourth-order valence-electron chi connectivity index (χ4n) is 1.25. The SMILES string of the molecule is CCC(Nc1cc(Br)ccc1Br)C(N)=NO. The molecule has 0 heterocycles. The van der Waals surface area contributed by atoms with Gasteiger partial charge in [-0.05, 0) is 40.5 Å². The maximum Gasteiger partial charge on any atom is 0.161 e. The topological polar surface area (TPSA) is 70.6 Å². The molecule has 1 rings (SSSR count). The Kier molecular flexibility index (Phi) is 5.08. The van der Waals surface area contributed by atoms with Crippen molar-refractivity contribution < 1.29 is 5.21 Å². The average Bonchev–Trinajstić information content (AvgIpc) is 2.29. The molecule has 1 aromatic rings. The normalized spacial score (nSPS) is 13.6. The number of hydrogen-bond donors (Lipinski definition) is 3. The van der Waals surface area contributed by atoms with E-state index in [4.69, 9.17) is 10.9 Å². The number of oxime groups is 1. The molecule has 16 heavy (non-hydrogen) atoms. The van der Waals surface area contributed by atoms with E-state index >= 15 is 0 Å². The van der Waals surface area contributed by atoms with Crippen LogP contribution in [0.5, 0.6) is 0 Å². The van der Waals surface area contributed by atoms with E-state index in [1.165, 1.54) is 0 Å². The minimum atomic E-state index is -0.185. The highest BCUT2D eigenvalue weighted by molar-refractivity contribution is 9.11. The lowest BCUT2D eigenvalue weighted by Gasteiger charge is -2.17. The van der Waals surface area contributed by atoms with Gasteiger partial charge in [0.15, 0.2) is 5.84 Å². The van der Waals surface area contributed by atoms with Crippen LogP contribution in [0.4, 0.5) is 5.69 Å². The van der Waals surface area contributed by atoms with Crippen molar-refractivity contribution in [3.8, 4) is 0 Å². The standard InChI is InChI=1S/C10H13Br2N3O/c1-2-8(10(13)15-16)14-9-5-6(11)3-4-7(9)12/h3-5,8,14,16H,2H2,1H3,(H2,13,15). The molecule has 1 aromatic carbocycles. The number of halogens is 2. The Morgan fingerprint density at radius 3 is 2.81 bits per heavy atom. The number of nitrogens with one attached hydrogen (secondary N) is 1. The zero-order valence-corrected chi connectivity index (χ0v) is 11.9. The van der Waals surface area contributed by atoms with Gasteiger partial charge >= 0.3 is 0 Å².